The molecule has 3 aromatic rings. The number of aromatic nitrogens is 2. The quantitative estimate of drug-likeness (QED) is 0.473. The van der Waals surface area contributed by atoms with E-state index in [9.17, 15) is 4.79 Å². The summed E-state index contributed by atoms with van der Waals surface area (Å²) in [5, 5.41) is 5.04. The van der Waals surface area contributed by atoms with Crippen molar-refractivity contribution in [2.45, 2.75) is 12.8 Å². The van der Waals surface area contributed by atoms with Crippen LogP contribution in [0.1, 0.15) is 24.1 Å². The summed E-state index contributed by atoms with van der Waals surface area (Å²) in [6, 6.07) is 12.3. The van der Waals surface area contributed by atoms with E-state index >= 15 is 0 Å². The van der Waals surface area contributed by atoms with Crippen LogP contribution < -0.4 is 5.32 Å². The van der Waals surface area contributed by atoms with Crippen molar-refractivity contribution in [2.24, 2.45) is 0 Å². The molecule has 0 radical (unpaired) electrons. The van der Waals surface area contributed by atoms with E-state index in [0.717, 1.165) is 42.8 Å². The minimum absolute atomic E-state index is 0.222. The fraction of sp³-hybridized carbons (Fsp3) is 0.125. The Bertz CT molecular complexity index is 797. The van der Waals surface area contributed by atoms with E-state index in [0.29, 0.717) is 6.41 Å². The average molecular weight is 469 g/mol. The van der Waals surface area contributed by atoms with Crippen molar-refractivity contribution in [1.29, 1.82) is 0 Å². The Balaban J connectivity index is 2.12. The molecular weight excluding hydrogens is 455 g/mol. The Morgan fingerprint density at radius 2 is 2.19 bits per heavy atom. The third-order valence-electron chi connectivity index (χ3n) is 3.67. The molecule has 3 rings (SSSR count). The van der Waals surface area contributed by atoms with Crippen LogP contribution in [0.3, 0.4) is 0 Å². The number of imidazole rings is 1. The predicted molar refractivity (Wildman–Crippen MR) is 84.5 cm³/mol. The van der Waals surface area contributed by atoms with Crippen LogP contribution >= 0.6 is 0 Å². The monoisotopic (exact) mass is 469 g/mol. The van der Waals surface area contributed by atoms with Gasteiger partial charge in [0.05, 0.1) is 0 Å². The molecule has 5 heteroatoms. The summed E-state index contributed by atoms with van der Waals surface area (Å²) in [5.74, 6) is 0.222. The minimum atomic E-state index is 0.222. The van der Waals surface area contributed by atoms with Gasteiger partial charge in [0.1, 0.15) is 0 Å². The summed E-state index contributed by atoms with van der Waals surface area (Å²) in [4.78, 5) is 15.1. The van der Waals surface area contributed by atoms with Crippen molar-refractivity contribution >= 4 is 48.9 Å². The van der Waals surface area contributed by atoms with E-state index in [1.165, 1.54) is 10.9 Å². The molecule has 1 heterocycles. The molecule has 1 N–H and O–H groups in total. The van der Waals surface area contributed by atoms with Gasteiger partial charge in [-0.05, 0) is 0 Å². The van der Waals surface area contributed by atoms with Crippen molar-refractivity contribution in [2.75, 3.05) is 5.32 Å². The number of hydrogen-bond donors (Lipinski definition) is 1. The van der Waals surface area contributed by atoms with Gasteiger partial charge >= 0.3 is 139 Å². The van der Waals surface area contributed by atoms with Gasteiger partial charge in [-0.3, -0.25) is 0 Å². The first kappa shape index (κ1) is 14.2. The van der Waals surface area contributed by atoms with Crippen LogP contribution in [0.4, 0.5) is 5.69 Å². The maximum absolute atomic E-state index is 10.6. The Morgan fingerprint density at radius 3 is 2.90 bits per heavy atom. The predicted octanol–water partition coefficient (Wildman–Crippen LogP) is 2.69. The van der Waals surface area contributed by atoms with Crippen molar-refractivity contribution in [3.8, 4) is 0 Å². The molecule has 4 nitrogen and oxygen atoms in total. The number of nitrogens with one attached hydrogen (secondary N) is 1. The van der Waals surface area contributed by atoms with Crippen LogP contribution in [0.2, 0.25) is 0 Å². The van der Waals surface area contributed by atoms with E-state index in [1.807, 2.05) is 24.5 Å². The number of anilines is 1. The van der Waals surface area contributed by atoms with Crippen LogP contribution in [0.25, 0.3) is 10.8 Å². The molecule has 0 saturated carbocycles. The first-order valence-corrected chi connectivity index (χ1v) is 8.71. The maximum atomic E-state index is 10.6. The van der Waals surface area contributed by atoms with E-state index < -0.39 is 0 Å². The van der Waals surface area contributed by atoms with Crippen molar-refractivity contribution < 1.29 is 4.79 Å². The van der Waals surface area contributed by atoms with Crippen LogP contribution in [0, 0.1) is 0 Å². The fourth-order valence-electron chi connectivity index (χ4n) is 2.57. The summed E-state index contributed by atoms with van der Waals surface area (Å²) in [6.45, 7) is 2.17. The third-order valence-corrected chi connectivity index (χ3v) is 4.77. The standard InChI is InChI=1S/C16H15N3O.Tl/c1-11(16-8-17-9-18-16)14-4-2-3-12-5-6-13(19-10-20)7-15(12)14;/h2-11H,1H3,(H2,17,18,19,20);/q;+1/p-1. The topological polar surface area (TPSA) is 46.9 Å². The fourth-order valence-corrected chi connectivity index (χ4v) is 3.42. The number of benzene rings is 2. The van der Waals surface area contributed by atoms with E-state index in [1.54, 1.807) is 0 Å². The Labute approximate surface area is 139 Å². The molecular formula is C16H14N3OTl. The molecule has 102 valence electrons. The number of carbonyl (C=O) groups is 1. The molecule has 0 aliphatic carbocycles. The SMILES string of the molecule is CC(c1c[n]([Tl])cn1)c1cccc2ccc(NC=O)cc12. The van der Waals surface area contributed by atoms with Crippen LogP contribution in [-0.2, 0) is 4.79 Å². The summed E-state index contributed by atoms with van der Waals surface area (Å²) in [6.07, 6.45) is 4.71. The molecule has 1 atom stereocenters. The van der Waals surface area contributed by atoms with Gasteiger partial charge in [-0.1, -0.05) is 0 Å². The van der Waals surface area contributed by atoms with Crippen LogP contribution in [0.15, 0.2) is 48.9 Å². The second-order valence-electron chi connectivity index (χ2n) is 5.01. The van der Waals surface area contributed by atoms with Gasteiger partial charge in [0.25, 0.3) is 0 Å². The summed E-state index contributed by atoms with van der Waals surface area (Å²) in [5.41, 5.74) is 3.12. The molecule has 2 aromatic carbocycles. The van der Waals surface area contributed by atoms with Gasteiger partial charge in [0, 0.05) is 0 Å². The number of nitrogens with zero attached hydrogens (tertiary/aromatic N) is 2. The van der Waals surface area contributed by atoms with Gasteiger partial charge < -0.3 is 0 Å². The second-order valence-corrected chi connectivity index (χ2v) is 7.33. The first-order chi connectivity index (χ1) is 10.2. The zero-order chi connectivity index (χ0) is 14.8. The molecule has 1 amide bonds. The zero-order valence-electron chi connectivity index (χ0n) is 11.7. The summed E-state index contributed by atoms with van der Waals surface area (Å²) >= 11 is 0.736. The van der Waals surface area contributed by atoms with Crippen LogP contribution in [0.5, 0.6) is 0 Å². The Morgan fingerprint density at radius 1 is 1.33 bits per heavy atom. The Kier molecular flexibility index (Phi) is 4.05. The molecule has 1 aromatic heterocycles. The van der Waals surface area contributed by atoms with Crippen molar-refractivity contribution in [1.82, 2.24) is 7.36 Å². The third kappa shape index (κ3) is 2.85. The zero-order valence-corrected chi connectivity index (χ0v) is 16.1. The number of rotatable bonds is 4. The van der Waals surface area contributed by atoms with Crippen molar-refractivity contribution in [3.05, 3.63) is 60.2 Å². The number of fused-ring (bicyclic) bond motifs is 1. The van der Waals surface area contributed by atoms with Crippen LogP contribution in [-0.4, -0.2) is 39.8 Å². The normalized spacial score (nSPS) is 12.2. The number of carbonyl (C=O) groups excluding carboxylic acids is 1. The molecule has 0 aliphatic heterocycles. The van der Waals surface area contributed by atoms with Gasteiger partial charge in [0.2, 0.25) is 0 Å². The molecule has 21 heavy (non-hydrogen) atoms. The average Bonchev–Trinajstić information content (AvgIpc) is 2.93. The van der Waals surface area contributed by atoms with Gasteiger partial charge in [0.15, 0.2) is 0 Å². The molecule has 0 spiro atoms. The van der Waals surface area contributed by atoms with E-state index in [-0.39, 0.29) is 5.92 Å². The molecule has 0 aliphatic rings. The molecule has 1 unspecified atom stereocenters. The molecule has 0 saturated heterocycles. The van der Waals surface area contributed by atoms with E-state index in [2.05, 4.69) is 44.0 Å². The summed E-state index contributed by atoms with van der Waals surface area (Å²) in [7, 11) is 0. The molecule has 0 bridgehead atoms. The number of amides is 1. The van der Waals surface area contributed by atoms with Gasteiger partial charge in [-0.2, -0.15) is 0 Å². The Hall–Kier alpha value is -1.70. The van der Waals surface area contributed by atoms with Gasteiger partial charge in [-0.25, -0.2) is 0 Å². The summed E-state index contributed by atoms with van der Waals surface area (Å²) < 4.78 is 2.12. The van der Waals surface area contributed by atoms with E-state index in [4.69, 9.17) is 0 Å². The molecule has 0 fully saturated rings. The second kappa shape index (κ2) is 5.97. The van der Waals surface area contributed by atoms with Crippen molar-refractivity contribution in [3.63, 3.8) is 0 Å². The number of hydrogen-bond acceptors (Lipinski definition) is 2. The van der Waals surface area contributed by atoms with Gasteiger partial charge in [-0.15, -0.1) is 0 Å². The first-order valence-electron chi connectivity index (χ1n) is 6.71.